The van der Waals surface area contributed by atoms with Crippen LogP contribution in [0.25, 0.3) is 0 Å². The van der Waals surface area contributed by atoms with E-state index in [1.54, 1.807) is 18.2 Å². The van der Waals surface area contributed by atoms with Gasteiger partial charge in [-0.15, -0.1) is 0 Å². The van der Waals surface area contributed by atoms with Gasteiger partial charge < -0.3 is 14.8 Å². The summed E-state index contributed by atoms with van der Waals surface area (Å²) in [4.78, 5) is 11.9. The molecule has 0 aromatic heterocycles. The van der Waals surface area contributed by atoms with Crippen LogP contribution in [0.3, 0.4) is 0 Å². The van der Waals surface area contributed by atoms with Crippen molar-refractivity contribution in [2.24, 2.45) is 5.92 Å². The monoisotopic (exact) mass is 283 g/mol. The summed E-state index contributed by atoms with van der Waals surface area (Å²) in [6.45, 7) is 5.03. The van der Waals surface area contributed by atoms with E-state index >= 15 is 0 Å². The predicted octanol–water partition coefficient (Wildman–Crippen LogP) is 3.10. The van der Waals surface area contributed by atoms with Gasteiger partial charge in [0.05, 0.1) is 29.3 Å². The van der Waals surface area contributed by atoms with Gasteiger partial charge in [0.1, 0.15) is 5.75 Å². The molecule has 1 unspecified atom stereocenters. The lowest BCUT2D eigenvalue weighted by Crippen LogP contribution is -2.23. The molecule has 2 rings (SSSR count). The van der Waals surface area contributed by atoms with Gasteiger partial charge in [-0.05, 0) is 32.4 Å². The molecular formula is C14H18ClNO3. The highest BCUT2D eigenvalue weighted by atomic mass is 35.5. The molecule has 0 radical (unpaired) electrons. The minimum Gasteiger partial charge on any atom is -0.491 e. The summed E-state index contributed by atoms with van der Waals surface area (Å²) < 4.78 is 10.7. The summed E-state index contributed by atoms with van der Waals surface area (Å²) in [7, 11) is 0. The maximum absolute atomic E-state index is 11.9. The number of benzene rings is 1. The first kappa shape index (κ1) is 14.2. The van der Waals surface area contributed by atoms with Gasteiger partial charge in [-0.2, -0.15) is 0 Å². The smallest absolute Gasteiger partial charge is 0.229 e. The van der Waals surface area contributed by atoms with Crippen LogP contribution in [0.2, 0.25) is 5.02 Å². The molecular weight excluding hydrogens is 266 g/mol. The standard InChI is InChI=1S/C14H18ClNO3/c1-9(2)19-11-3-4-13(12(15)7-11)16-14(17)10-5-6-18-8-10/h3-4,7,9-10H,5-6,8H2,1-2H3,(H,16,17). The molecule has 1 aliphatic rings. The fraction of sp³-hybridized carbons (Fsp3) is 0.500. The average molecular weight is 284 g/mol. The van der Waals surface area contributed by atoms with Gasteiger partial charge in [-0.1, -0.05) is 11.6 Å². The molecule has 1 amide bonds. The number of carbonyl (C=O) groups excluding carboxylic acids is 1. The molecule has 1 atom stereocenters. The van der Waals surface area contributed by atoms with Gasteiger partial charge in [-0.25, -0.2) is 0 Å². The van der Waals surface area contributed by atoms with E-state index < -0.39 is 0 Å². The molecule has 1 N–H and O–H groups in total. The lowest BCUT2D eigenvalue weighted by Gasteiger charge is -2.13. The Morgan fingerprint density at radius 2 is 2.32 bits per heavy atom. The van der Waals surface area contributed by atoms with Crippen molar-refractivity contribution in [3.63, 3.8) is 0 Å². The molecule has 1 heterocycles. The number of carbonyl (C=O) groups is 1. The number of hydrogen-bond acceptors (Lipinski definition) is 3. The van der Waals surface area contributed by atoms with E-state index in [-0.39, 0.29) is 17.9 Å². The summed E-state index contributed by atoms with van der Waals surface area (Å²) in [5.41, 5.74) is 0.606. The third-order valence-electron chi connectivity index (χ3n) is 2.87. The van der Waals surface area contributed by atoms with Crippen molar-refractivity contribution in [3.05, 3.63) is 23.2 Å². The maximum Gasteiger partial charge on any atom is 0.229 e. The van der Waals surface area contributed by atoms with Crippen molar-refractivity contribution in [2.45, 2.75) is 26.4 Å². The van der Waals surface area contributed by atoms with Crippen molar-refractivity contribution in [3.8, 4) is 5.75 Å². The van der Waals surface area contributed by atoms with Crippen LogP contribution in [-0.4, -0.2) is 25.2 Å². The second kappa shape index (κ2) is 6.26. The molecule has 4 nitrogen and oxygen atoms in total. The van der Waals surface area contributed by atoms with Crippen molar-refractivity contribution in [2.75, 3.05) is 18.5 Å². The lowest BCUT2D eigenvalue weighted by atomic mass is 10.1. The van der Waals surface area contributed by atoms with Gasteiger partial charge in [0.25, 0.3) is 0 Å². The SMILES string of the molecule is CC(C)Oc1ccc(NC(=O)C2CCOC2)c(Cl)c1. The highest BCUT2D eigenvalue weighted by Gasteiger charge is 2.24. The molecule has 5 heteroatoms. The van der Waals surface area contributed by atoms with Crippen LogP contribution in [0, 0.1) is 5.92 Å². The van der Waals surface area contributed by atoms with Gasteiger partial charge >= 0.3 is 0 Å². The maximum atomic E-state index is 11.9. The van der Waals surface area contributed by atoms with E-state index in [4.69, 9.17) is 21.1 Å². The molecule has 19 heavy (non-hydrogen) atoms. The molecule has 104 valence electrons. The fourth-order valence-electron chi connectivity index (χ4n) is 1.92. The number of halogens is 1. The Bertz CT molecular complexity index is 456. The topological polar surface area (TPSA) is 47.6 Å². The van der Waals surface area contributed by atoms with E-state index in [1.807, 2.05) is 13.8 Å². The van der Waals surface area contributed by atoms with Crippen LogP contribution in [0.5, 0.6) is 5.75 Å². The van der Waals surface area contributed by atoms with Crippen molar-refractivity contribution in [1.29, 1.82) is 0 Å². The number of rotatable bonds is 4. The average Bonchev–Trinajstić information content (AvgIpc) is 2.85. The third-order valence-corrected chi connectivity index (χ3v) is 3.18. The van der Waals surface area contributed by atoms with Crippen LogP contribution in [0.1, 0.15) is 20.3 Å². The number of ether oxygens (including phenoxy) is 2. The predicted molar refractivity (Wildman–Crippen MR) is 74.8 cm³/mol. The molecule has 0 spiro atoms. The molecule has 1 saturated heterocycles. The highest BCUT2D eigenvalue weighted by Crippen LogP contribution is 2.28. The van der Waals surface area contributed by atoms with Crippen LogP contribution in [0.15, 0.2) is 18.2 Å². The molecule has 1 aromatic rings. The van der Waals surface area contributed by atoms with E-state index in [9.17, 15) is 4.79 Å². The first-order valence-corrected chi connectivity index (χ1v) is 6.79. The second-order valence-electron chi connectivity index (χ2n) is 4.86. The van der Waals surface area contributed by atoms with E-state index in [1.165, 1.54) is 0 Å². The fourth-order valence-corrected chi connectivity index (χ4v) is 2.14. The number of nitrogens with one attached hydrogen (secondary N) is 1. The summed E-state index contributed by atoms with van der Waals surface area (Å²) in [5.74, 6) is 0.571. The van der Waals surface area contributed by atoms with Gasteiger partial charge in [-0.3, -0.25) is 4.79 Å². The van der Waals surface area contributed by atoms with Crippen LogP contribution < -0.4 is 10.1 Å². The Morgan fingerprint density at radius 3 is 2.89 bits per heavy atom. The Morgan fingerprint density at radius 1 is 1.53 bits per heavy atom. The van der Waals surface area contributed by atoms with E-state index in [2.05, 4.69) is 5.32 Å². The van der Waals surface area contributed by atoms with Gasteiger partial charge in [0, 0.05) is 12.7 Å². The number of amides is 1. The Labute approximate surface area is 118 Å². The van der Waals surface area contributed by atoms with Crippen LogP contribution in [-0.2, 0) is 9.53 Å². The third kappa shape index (κ3) is 3.85. The zero-order valence-electron chi connectivity index (χ0n) is 11.1. The van der Waals surface area contributed by atoms with Gasteiger partial charge in [0.2, 0.25) is 5.91 Å². The number of anilines is 1. The van der Waals surface area contributed by atoms with Gasteiger partial charge in [0.15, 0.2) is 0 Å². The molecule has 0 bridgehead atoms. The normalized spacial score (nSPS) is 18.6. The molecule has 1 aliphatic heterocycles. The summed E-state index contributed by atoms with van der Waals surface area (Å²) in [6.07, 6.45) is 0.852. The first-order chi connectivity index (χ1) is 9.06. The lowest BCUT2D eigenvalue weighted by molar-refractivity contribution is -0.119. The minimum absolute atomic E-state index is 0.0445. The van der Waals surface area contributed by atoms with Crippen molar-refractivity contribution < 1.29 is 14.3 Å². The minimum atomic E-state index is -0.0809. The highest BCUT2D eigenvalue weighted by molar-refractivity contribution is 6.33. The van der Waals surface area contributed by atoms with Crippen molar-refractivity contribution >= 4 is 23.2 Å². The molecule has 0 saturated carbocycles. The molecule has 1 aromatic carbocycles. The quantitative estimate of drug-likeness (QED) is 0.924. The van der Waals surface area contributed by atoms with Crippen LogP contribution in [0.4, 0.5) is 5.69 Å². The summed E-state index contributed by atoms with van der Waals surface area (Å²) >= 11 is 6.14. The first-order valence-electron chi connectivity index (χ1n) is 6.41. The zero-order valence-corrected chi connectivity index (χ0v) is 11.9. The van der Waals surface area contributed by atoms with Crippen molar-refractivity contribution in [1.82, 2.24) is 0 Å². The second-order valence-corrected chi connectivity index (χ2v) is 5.27. The Balaban J connectivity index is 2.02. The zero-order chi connectivity index (χ0) is 13.8. The van der Waals surface area contributed by atoms with E-state index in [0.717, 1.165) is 6.42 Å². The molecule has 0 aliphatic carbocycles. The largest absolute Gasteiger partial charge is 0.491 e. The number of hydrogen-bond donors (Lipinski definition) is 1. The van der Waals surface area contributed by atoms with E-state index in [0.29, 0.717) is 29.7 Å². The Hall–Kier alpha value is -1.26. The Kier molecular flexibility index (Phi) is 4.66. The summed E-state index contributed by atoms with van der Waals surface area (Å²) in [5, 5.41) is 3.30. The molecule has 1 fully saturated rings. The summed E-state index contributed by atoms with van der Waals surface area (Å²) in [6, 6.07) is 5.27. The van der Waals surface area contributed by atoms with Crippen LogP contribution >= 0.6 is 11.6 Å².